The number of H-pyrrole nitrogens is 1. The first kappa shape index (κ1) is 16.0. The molecule has 3 aromatic heterocycles. The summed E-state index contributed by atoms with van der Waals surface area (Å²) in [5.74, 6) is 0.753. The summed E-state index contributed by atoms with van der Waals surface area (Å²) in [6.45, 7) is 2.67. The molecule has 3 aromatic rings. The molecule has 3 rings (SSSR count). The third-order valence-electron chi connectivity index (χ3n) is 3.67. The molecule has 24 heavy (non-hydrogen) atoms. The van der Waals surface area contributed by atoms with Crippen LogP contribution in [0.4, 0.5) is 0 Å². The van der Waals surface area contributed by atoms with Crippen LogP contribution in [0.1, 0.15) is 27.6 Å². The zero-order chi connectivity index (χ0) is 17.3. The summed E-state index contributed by atoms with van der Waals surface area (Å²) >= 11 is 0. The maximum atomic E-state index is 12.0. The molecule has 0 saturated carbocycles. The minimum Gasteiger partial charge on any atom is -0.465 e. The first-order valence-corrected chi connectivity index (χ1v) is 7.40. The fourth-order valence-electron chi connectivity index (χ4n) is 2.59. The summed E-state index contributed by atoms with van der Waals surface area (Å²) in [7, 11) is 3.22. The van der Waals surface area contributed by atoms with Gasteiger partial charge in [-0.05, 0) is 20.0 Å². The lowest BCUT2D eigenvalue weighted by molar-refractivity contribution is 0.0599. The van der Waals surface area contributed by atoms with E-state index in [1.54, 1.807) is 25.3 Å². The van der Waals surface area contributed by atoms with Crippen LogP contribution in [0.25, 0.3) is 5.65 Å². The Morgan fingerprint density at radius 2 is 2.21 bits per heavy atom. The van der Waals surface area contributed by atoms with Crippen molar-refractivity contribution in [1.29, 1.82) is 0 Å². The van der Waals surface area contributed by atoms with Crippen LogP contribution < -0.4 is 5.56 Å². The van der Waals surface area contributed by atoms with E-state index in [2.05, 4.69) is 10.1 Å². The van der Waals surface area contributed by atoms with E-state index >= 15 is 0 Å². The number of aromatic amines is 1. The normalized spacial score (nSPS) is 11.3. The van der Waals surface area contributed by atoms with Crippen LogP contribution in [-0.4, -0.2) is 39.6 Å². The van der Waals surface area contributed by atoms with Crippen molar-refractivity contribution in [1.82, 2.24) is 19.5 Å². The Hall–Kier alpha value is -2.87. The van der Waals surface area contributed by atoms with Crippen LogP contribution >= 0.6 is 0 Å². The lowest BCUT2D eigenvalue weighted by atomic mass is 10.2. The van der Waals surface area contributed by atoms with Gasteiger partial charge in [-0.1, -0.05) is 0 Å². The Balaban J connectivity index is 1.74. The molecule has 0 aliphatic carbocycles. The first-order chi connectivity index (χ1) is 11.5. The van der Waals surface area contributed by atoms with Gasteiger partial charge in [0.15, 0.2) is 5.65 Å². The second-order valence-electron chi connectivity index (χ2n) is 5.59. The number of hydrogen-bond donors (Lipinski definition) is 1. The van der Waals surface area contributed by atoms with Gasteiger partial charge < -0.3 is 9.15 Å². The van der Waals surface area contributed by atoms with E-state index in [4.69, 9.17) is 9.15 Å². The summed E-state index contributed by atoms with van der Waals surface area (Å²) in [4.78, 5) is 30.0. The maximum Gasteiger partial charge on any atom is 0.341 e. The number of aryl methyl sites for hydroxylation is 1. The molecule has 0 bridgehead atoms. The molecular formula is C16H18N4O4. The highest BCUT2D eigenvalue weighted by Crippen LogP contribution is 2.17. The molecule has 0 spiro atoms. The van der Waals surface area contributed by atoms with Crippen molar-refractivity contribution >= 4 is 11.6 Å². The van der Waals surface area contributed by atoms with Gasteiger partial charge in [0.05, 0.1) is 19.3 Å². The van der Waals surface area contributed by atoms with E-state index in [0.29, 0.717) is 41.5 Å². The topological polar surface area (TPSA) is 92.8 Å². The van der Waals surface area contributed by atoms with Crippen LogP contribution in [0.15, 0.2) is 33.6 Å². The van der Waals surface area contributed by atoms with E-state index in [1.807, 2.05) is 11.9 Å². The number of carbonyl (C=O) groups excluding carboxylic acids is 1. The van der Waals surface area contributed by atoms with E-state index < -0.39 is 5.97 Å². The number of rotatable bonds is 5. The molecule has 0 aromatic carbocycles. The SMILES string of the molecule is COC(=O)c1cc(CN(C)Cc2cc(=O)n3[nH]ccc3n2)oc1C. The molecule has 0 atom stereocenters. The molecule has 3 heterocycles. The largest absolute Gasteiger partial charge is 0.465 e. The number of nitrogens with zero attached hydrogens (tertiary/aromatic N) is 3. The predicted octanol–water partition coefficient (Wildman–Crippen LogP) is 1.34. The number of fused-ring (bicyclic) bond motifs is 1. The van der Waals surface area contributed by atoms with Crippen LogP contribution in [0.2, 0.25) is 0 Å². The van der Waals surface area contributed by atoms with Gasteiger partial charge in [0.25, 0.3) is 5.56 Å². The van der Waals surface area contributed by atoms with Gasteiger partial charge in [-0.15, -0.1) is 0 Å². The second kappa shape index (κ2) is 6.32. The molecule has 0 amide bonds. The van der Waals surface area contributed by atoms with Crippen LogP contribution in [0.5, 0.6) is 0 Å². The minimum atomic E-state index is -0.419. The third kappa shape index (κ3) is 3.09. The number of nitrogens with one attached hydrogen (secondary N) is 1. The second-order valence-corrected chi connectivity index (χ2v) is 5.59. The van der Waals surface area contributed by atoms with Crippen molar-refractivity contribution in [2.45, 2.75) is 20.0 Å². The van der Waals surface area contributed by atoms with Crippen molar-refractivity contribution in [3.05, 3.63) is 57.5 Å². The molecule has 8 nitrogen and oxygen atoms in total. The standard InChI is InChI=1S/C16H18N4O4/c1-10-13(16(22)23-3)7-12(24-10)9-19(2)8-11-6-15(21)20-14(18-11)4-5-17-20/h4-7,17H,8-9H2,1-3H3. The lowest BCUT2D eigenvalue weighted by Crippen LogP contribution is -2.21. The van der Waals surface area contributed by atoms with Crippen molar-refractivity contribution in [2.24, 2.45) is 0 Å². The van der Waals surface area contributed by atoms with E-state index in [9.17, 15) is 9.59 Å². The fraction of sp³-hybridized carbons (Fsp3) is 0.312. The van der Waals surface area contributed by atoms with Gasteiger partial charge in [-0.2, -0.15) is 0 Å². The number of esters is 1. The molecular weight excluding hydrogens is 312 g/mol. The van der Waals surface area contributed by atoms with Crippen LogP contribution in [-0.2, 0) is 17.8 Å². The van der Waals surface area contributed by atoms with Crippen molar-refractivity contribution in [3.63, 3.8) is 0 Å². The number of aromatic nitrogens is 3. The molecule has 0 radical (unpaired) electrons. The van der Waals surface area contributed by atoms with Gasteiger partial charge in [0, 0.05) is 24.9 Å². The van der Waals surface area contributed by atoms with Crippen LogP contribution in [0, 0.1) is 6.92 Å². The lowest BCUT2D eigenvalue weighted by Gasteiger charge is -2.14. The minimum absolute atomic E-state index is 0.157. The number of ether oxygens (including phenoxy) is 1. The molecule has 0 aliphatic heterocycles. The Kier molecular flexibility index (Phi) is 4.22. The molecule has 0 saturated heterocycles. The summed E-state index contributed by atoms with van der Waals surface area (Å²) < 4.78 is 11.7. The van der Waals surface area contributed by atoms with Gasteiger partial charge in [-0.3, -0.25) is 14.8 Å². The number of furan rings is 1. The fourth-order valence-corrected chi connectivity index (χ4v) is 2.59. The Morgan fingerprint density at radius 3 is 2.96 bits per heavy atom. The molecule has 0 unspecified atom stereocenters. The zero-order valence-electron chi connectivity index (χ0n) is 13.7. The summed E-state index contributed by atoms with van der Waals surface area (Å²) in [6.07, 6.45) is 1.66. The smallest absolute Gasteiger partial charge is 0.341 e. The number of hydrogen-bond acceptors (Lipinski definition) is 6. The molecule has 0 aliphatic rings. The maximum absolute atomic E-state index is 12.0. The summed E-state index contributed by atoms with van der Waals surface area (Å²) in [5.41, 5.74) is 1.51. The molecule has 126 valence electrons. The monoisotopic (exact) mass is 330 g/mol. The summed E-state index contributed by atoms with van der Waals surface area (Å²) in [5, 5.41) is 2.80. The quantitative estimate of drug-likeness (QED) is 0.710. The zero-order valence-corrected chi connectivity index (χ0v) is 13.7. The van der Waals surface area contributed by atoms with Crippen molar-refractivity contribution < 1.29 is 13.9 Å². The van der Waals surface area contributed by atoms with Gasteiger partial charge >= 0.3 is 5.97 Å². The van der Waals surface area contributed by atoms with E-state index in [0.717, 1.165) is 0 Å². The van der Waals surface area contributed by atoms with Gasteiger partial charge in [0.1, 0.15) is 17.1 Å². The van der Waals surface area contributed by atoms with Crippen LogP contribution in [0.3, 0.4) is 0 Å². The molecule has 0 fully saturated rings. The van der Waals surface area contributed by atoms with Gasteiger partial charge in [0.2, 0.25) is 0 Å². The highest BCUT2D eigenvalue weighted by atomic mass is 16.5. The highest BCUT2D eigenvalue weighted by Gasteiger charge is 2.16. The first-order valence-electron chi connectivity index (χ1n) is 7.40. The number of methoxy groups -OCH3 is 1. The van der Waals surface area contributed by atoms with Crippen molar-refractivity contribution in [3.8, 4) is 0 Å². The Labute approximate surface area is 137 Å². The van der Waals surface area contributed by atoms with Gasteiger partial charge in [-0.25, -0.2) is 14.3 Å². The predicted molar refractivity (Wildman–Crippen MR) is 85.8 cm³/mol. The highest BCUT2D eigenvalue weighted by molar-refractivity contribution is 5.90. The molecule has 1 N–H and O–H groups in total. The average molecular weight is 330 g/mol. The average Bonchev–Trinajstić information content (AvgIpc) is 3.13. The van der Waals surface area contributed by atoms with E-state index in [-0.39, 0.29) is 5.56 Å². The number of carbonyl (C=O) groups is 1. The third-order valence-corrected chi connectivity index (χ3v) is 3.67. The Bertz CT molecular complexity index is 937. The summed E-state index contributed by atoms with van der Waals surface area (Å²) in [6, 6.07) is 4.91. The Morgan fingerprint density at radius 1 is 1.42 bits per heavy atom. The molecule has 8 heteroatoms. The van der Waals surface area contributed by atoms with E-state index in [1.165, 1.54) is 17.7 Å². The van der Waals surface area contributed by atoms with Crippen molar-refractivity contribution in [2.75, 3.05) is 14.2 Å².